The zero-order valence-corrected chi connectivity index (χ0v) is 15.1. The number of benzene rings is 1. The zero-order chi connectivity index (χ0) is 14.8. The minimum absolute atomic E-state index is 0.367. The van der Waals surface area contributed by atoms with Crippen LogP contribution in [0.1, 0.15) is 40.0 Å². The number of aromatic nitrogens is 1. The fourth-order valence-corrected chi connectivity index (χ4v) is 6.19. The smallest absolute Gasteiger partial charge is 0.184 e. The van der Waals surface area contributed by atoms with Gasteiger partial charge in [-0.1, -0.05) is 48.0 Å². The van der Waals surface area contributed by atoms with Crippen molar-refractivity contribution < 1.29 is 0 Å². The van der Waals surface area contributed by atoms with Gasteiger partial charge in [-0.05, 0) is 54.2 Å². The summed E-state index contributed by atoms with van der Waals surface area (Å²) in [7, 11) is 0. The molecule has 4 rings (SSSR count). The van der Waals surface area contributed by atoms with E-state index in [1.807, 2.05) is 0 Å². The first-order valence-corrected chi connectivity index (χ1v) is 9.32. The molecule has 2 bridgehead atoms. The van der Waals surface area contributed by atoms with Crippen LogP contribution in [-0.4, -0.2) is 11.0 Å². The Morgan fingerprint density at radius 1 is 1.33 bits per heavy atom. The van der Waals surface area contributed by atoms with Crippen LogP contribution in [0.15, 0.2) is 22.7 Å². The third kappa shape index (κ3) is 2.06. The van der Waals surface area contributed by atoms with Gasteiger partial charge in [-0.2, -0.15) is 0 Å². The maximum absolute atomic E-state index is 4.78. The zero-order valence-electron chi connectivity index (χ0n) is 12.7. The van der Waals surface area contributed by atoms with E-state index < -0.39 is 0 Å². The highest BCUT2D eigenvalue weighted by atomic mass is 79.9. The number of hydrogen-bond donors (Lipinski definition) is 1. The van der Waals surface area contributed by atoms with Crippen LogP contribution >= 0.6 is 27.3 Å². The van der Waals surface area contributed by atoms with Crippen LogP contribution in [0.2, 0.25) is 0 Å². The van der Waals surface area contributed by atoms with E-state index in [4.69, 9.17) is 4.98 Å². The van der Waals surface area contributed by atoms with Crippen molar-refractivity contribution in [1.82, 2.24) is 4.98 Å². The Morgan fingerprint density at radius 2 is 2.14 bits per heavy atom. The van der Waals surface area contributed by atoms with E-state index in [0.717, 1.165) is 21.0 Å². The minimum Gasteiger partial charge on any atom is -0.358 e. The molecule has 2 aromatic rings. The molecule has 21 heavy (non-hydrogen) atoms. The van der Waals surface area contributed by atoms with E-state index in [9.17, 15) is 0 Å². The number of anilines is 1. The van der Waals surface area contributed by atoms with Crippen LogP contribution in [0.3, 0.4) is 0 Å². The van der Waals surface area contributed by atoms with E-state index >= 15 is 0 Å². The molecule has 0 amide bonds. The Bertz CT molecular complexity index is 703. The van der Waals surface area contributed by atoms with Crippen LogP contribution in [0.25, 0.3) is 10.2 Å². The van der Waals surface area contributed by atoms with E-state index in [1.54, 1.807) is 11.3 Å². The van der Waals surface area contributed by atoms with Gasteiger partial charge in [-0.3, -0.25) is 0 Å². The lowest BCUT2D eigenvalue weighted by Gasteiger charge is -2.43. The maximum Gasteiger partial charge on any atom is 0.184 e. The molecule has 1 heterocycles. The van der Waals surface area contributed by atoms with Gasteiger partial charge in [0, 0.05) is 10.5 Å². The number of rotatable bonds is 2. The molecular weight excluding hydrogens is 344 g/mol. The standard InChI is InChI=1S/C17H21BrN2S/c1-16(2)10-6-7-17(3,9-10)14(16)20-15-19-12-5-4-11(18)8-13(12)21-15/h4-5,8,10,14H,6-7,9H2,1-3H3,(H,19,20). The fourth-order valence-electron chi connectivity index (χ4n) is 4.75. The van der Waals surface area contributed by atoms with Crippen molar-refractivity contribution in [2.24, 2.45) is 16.7 Å². The lowest BCUT2D eigenvalue weighted by Crippen LogP contribution is -2.45. The number of hydrogen-bond acceptors (Lipinski definition) is 3. The molecule has 0 spiro atoms. The predicted octanol–water partition coefficient (Wildman–Crippen LogP) is 5.69. The molecule has 2 nitrogen and oxygen atoms in total. The van der Waals surface area contributed by atoms with Crippen molar-refractivity contribution >= 4 is 42.6 Å². The van der Waals surface area contributed by atoms with Gasteiger partial charge in [0.2, 0.25) is 0 Å². The predicted molar refractivity (Wildman–Crippen MR) is 94.0 cm³/mol. The molecule has 2 aliphatic carbocycles. The quantitative estimate of drug-likeness (QED) is 0.740. The van der Waals surface area contributed by atoms with Gasteiger partial charge in [0.05, 0.1) is 10.2 Å². The maximum atomic E-state index is 4.78. The van der Waals surface area contributed by atoms with Crippen LogP contribution in [-0.2, 0) is 0 Å². The topological polar surface area (TPSA) is 24.9 Å². The molecule has 2 fully saturated rings. The molecule has 112 valence electrons. The first-order chi connectivity index (χ1) is 9.88. The molecule has 0 saturated heterocycles. The van der Waals surface area contributed by atoms with E-state index in [1.165, 1.54) is 24.0 Å². The third-order valence-electron chi connectivity index (χ3n) is 5.89. The van der Waals surface area contributed by atoms with Crippen LogP contribution in [0, 0.1) is 16.7 Å². The molecule has 1 N–H and O–H groups in total. The number of nitrogens with one attached hydrogen (secondary N) is 1. The first kappa shape index (κ1) is 14.0. The molecule has 0 aliphatic heterocycles. The highest BCUT2D eigenvalue weighted by molar-refractivity contribution is 9.10. The van der Waals surface area contributed by atoms with Crippen LogP contribution in [0.4, 0.5) is 5.13 Å². The number of halogens is 1. The second-order valence-electron chi connectivity index (χ2n) is 7.62. The summed E-state index contributed by atoms with van der Waals surface area (Å²) in [5.74, 6) is 0.864. The van der Waals surface area contributed by atoms with Crippen LogP contribution in [0.5, 0.6) is 0 Å². The molecule has 1 aromatic heterocycles. The van der Waals surface area contributed by atoms with Gasteiger partial charge < -0.3 is 5.32 Å². The van der Waals surface area contributed by atoms with E-state index in [-0.39, 0.29) is 0 Å². The van der Waals surface area contributed by atoms with Gasteiger partial charge >= 0.3 is 0 Å². The Labute approximate surface area is 138 Å². The lowest BCUT2D eigenvalue weighted by molar-refractivity contribution is 0.155. The SMILES string of the molecule is CC12CCC(C1)C(C)(C)C2Nc1nc2ccc(Br)cc2s1. The average molecular weight is 365 g/mol. The monoisotopic (exact) mass is 364 g/mol. The highest BCUT2D eigenvalue weighted by Gasteiger charge is 2.59. The summed E-state index contributed by atoms with van der Waals surface area (Å²) in [6, 6.07) is 6.85. The van der Waals surface area contributed by atoms with Crippen LogP contribution < -0.4 is 5.32 Å². The third-order valence-corrected chi connectivity index (χ3v) is 7.33. The molecular formula is C17H21BrN2S. The summed E-state index contributed by atoms with van der Waals surface area (Å²) in [6.45, 7) is 7.33. The van der Waals surface area contributed by atoms with E-state index in [2.05, 4.69) is 60.2 Å². The van der Waals surface area contributed by atoms with Crippen molar-refractivity contribution in [3.63, 3.8) is 0 Å². The number of thiazole rings is 1. The van der Waals surface area contributed by atoms with Gasteiger partial charge in [-0.15, -0.1) is 0 Å². The summed E-state index contributed by atoms with van der Waals surface area (Å²) in [5, 5.41) is 4.88. The summed E-state index contributed by atoms with van der Waals surface area (Å²) >= 11 is 5.31. The number of nitrogens with zero attached hydrogens (tertiary/aromatic N) is 1. The van der Waals surface area contributed by atoms with Gasteiger partial charge in [0.25, 0.3) is 0 Å². The van der Waals surface area contributed by atoms with Crippen molar-refractivity contribution in [3.8, 4) is 0 Å². The van der Waals surface area contributed by atoms with Crippen molar-refractivity contribution in [1.29, 1.82) is 0 Å². The number of fused-ring (bicyclic) bond motifs is 3. The molecule has 2 aliphatic rings. The van der Waals surface area contributed by atoms with Gasteiger partial charge in [-0.25, -0.2) is 4.98 Å². The second kappa shape index (κ2) is 4.45. The Balaban J connectivity index is 1.68. The van der Waals surface area contributed by atoms with E-state index in [0.29, 0.717) is 16.9 Å². The molecule has 3 atom stereocenters. The first-order valence-electron chi connectivity index (χ1n) is 7.71. The molecule has 1 aromatic carbocycles. The Morgan fingerprint density at radius 3 is 2.86 bits per heavy atom. The summed E-state index contributed by atoms with van der Waals surface area (Å²) in [5.41, 5.74) is 1.90. The summed E-state index contributed by atoms with van der Waals surface area (Å²) < 4.78 is 2.37. The Kier molecular flexibility index (Phi) is 2.97. The lowest BCUT2D eigenvalue weighted by atomic mass is 9.68. The van der Waals surface area contributed by atoms with Crippen molar-refractivity contribution in [2.75, 3.05) is 5.32 Å². The minimum atomic E-state index is 0.367. The molecule has 3 unspecified atom stereocenters. The average Bonchev–Trinajstić information content (AvgIpc) is 3.03. The molecule has 2 saturated carbocycles. The fraction of sp³-hybridized carbons (Fsp3) is 0.588. The summed E-state index contributed by atoms with van der Waals surface area (Å²) in [6.07, 6.45) is 4.12. The summed E-state index contributed by atoms with van der Waals surface area (Å²) in [4.78, 5) is 4.78. The molecule has 4 heteroatoms. The normalized spacial score (nSPS) is 33.7. The molecule has 0 radical (unpaired) electrons. The van der Waals surface area contributed by atoms with Gasteiger partial charge in [0.1, 0.15) is 0 Å². The highest BCUT2D eigenvalue weighted by Crippen LogP contribution is 2.63. The van der Waals surface area contributed by atoms with Crippen molar-refractivity contribution in [2.45, 2.75) is 46.1 Å². The second-order valence-corrected chi connectivity index (χ2v) is 9.57. The largest absolute Gasteiger partial charge is 0.358 e. The van der Waals surface area contributed by atoms with Gasteiger partial charge in [0.15, 0.2) is 5.13 Å². The van der Waals surface area contributed by atoms with Crippen molar-refractivity contribution in [3.05, 3.63) is 22.7 Å². The Hall–Kier alpha value is -0.610.